The van der Waals surface area contributed by atoms with Crippen LogP contribution in [0.4, 0.5) is 10.5 Å². The van der Waals surface area contributed by atoms with Gasteiger partial charge in [-0.3, -0.25) is 0 Å². The fourth-order valence-electron chi connectivity index (χ4n) is 4.11. The molecule has 0 aliphatic carbocycles. The first kappa shape index (κ1) is 21.8. The molecule has 4 aromatic rings. The summed E-state index contributed by atoms with van der Waals surface area (Å²) in [4.78, 5) is 20.5. The van der Waals surface area contributed by atoms with E-state index >= 15 is 0 Å². The van der Waals surface area contributed by atoms with E-state index in [2.05, 4.69) is 33.2 Å². The zero-order chi connectivity index (χ0) is 23.3. The van der Waals surface area contributed by atoms with Gasteiger partial charge in [-0.2, -0.15) is 4.98 Å². The van der Waals surface area contributed by atoms with E-state index in [4.69, 9.17) is 14.0 Å². The number of hydrogen-bond donors (Lipinski definition) is 0. The molecule has 1 aliphatic heterocycles. The van der Waals surface area contributed by atoms with Gasteiger partial charge < -0.3 is 23.8 Å². The van der Waals surface area contributed by atoms with Crippen molar-refractivity contribution in [2.45, 2.75) is 13.5 Å². The van der Waals surface area contributed by atoms with Crippen molar-refractivity contribution >= 4 is 22.6 Å². The lowest BCUT2D eigenvalue weighted by atomic mass is 10.1. The summed E-state index contributed by atoms with van der Waals surface area (Å²) in [6.07, 6.45) is -0.243. The van der Waals surface area contributed by atoms with E-state index in [1.807, 2.05) is 55.5 Å². The molecule has 0 N–H and O–H groups in total. The van der Waals surface area contributed by atoms with E-state index < -0.39 is 0 Å². The minimum atomic E-state index is -0.243. The van der Waals surface area contributed by atoms with Crippen LogP contribution in [0.1, 0.15) is 12.8 Å². The number of amides is 1. The zero-order valence-corrected chi connectivity index (χ0v) is 19.0. The molecule has 0 saturated carbocycles. The molecule has 8 heteroatoms. The van der Waals surface area contributed by atoms with Crippen LogP contribution >= 0.6 is 0 Å². The third-order valence-electron chi connectivity index (χ3n) is 5.84. The van der Waals surface area contributed by atoms with Gasteiger partial charge >= 0.3 is 6.09 Å². The van der Waals surface area contributed by atoms with Gasteiger partial charge in [0.25, 0.3) is 5.89 Å². The van der Waals surface area contributed by atoms with E-state index in [1.54, 1.807) is 4.90 Å². The van der Waals surface area contributed by atoms with Crippen LogP contribution < -0.4 is 9.64 Å². The van der Waals surface area contributed by atoms with Crippen LogP contribution in [0.5, 0.6) is 5.75 Å². The van der Waals surface area contributed by atoms with Crippen molar-refractivity contribution in [3.8, 4) is 17.1 Å². The molecule has 1 aromatic heterocycles. The molecule has 0 atom stereocenters. The Morgan fingerprint density at radius 3 is 2.62 bits per heavy atom. The molecule has 0 radical (unpaired) electrons. The Balaban J connectivity index is 1.29. The summed E-state index contributed by atoms with van der Waals surface area (Å²) < 4.78 is 16.5. The fraction of sp³-hybridized carbons (Fsp3) is 0.269. The summed E-state index contributed by atoms with van der Waals surface area (Å²) in [6.45, 7) is 5.15. The van der Waals surface area contributed by atoms with Gasteiger partial charge in [0.05, 0.1) is 6.61 Å². The Labute approximate surface area is 197 Å². The van der Waals surface area contributed by atoms with Crippen LogP contribution in [0.2, 0.25) is 0 Å². The third-order valence-corrected chi connectivity index (χ3v) is 5.84. The molecule has 5 rings (SSSR count). The second kappa shape index (κ2) is 9.82. The molecule has 1 aliphatic rings. The minimum absolute atomic E-state index is 0.186. The highest BCUT2D eigenvalue weighted by molar-refractivity contribution is 5.95. The van der Waals surface area contributed by atoms with Crippen LogP contribution in [-0.4, -0.2) is 53.9 Å². The maximum absolute atomic E-state index is 12.0. The second-order valence-electron chi connectivity index (χ2n) is 8.00. The van der Waals surface area contributed by atoms with Crippen molar-refractivity contribution in [1.82, 2.24) is 15.0 Å². The highest BCUT2D eigenvalue weighted by Gasteiger charge is 2.23. The predicted octanol–water partition coefficient (Wildman–Crippen LogP) is 4.75. The molecule has 34 heavy (non-hydrogen) atoms. The number of nitrogens with zero attached hydrogens (tertiary/aromatic N) is 4. The number of rotatable bonds is 6. The highest BCUT2D eigenvalue weighted by atomic mass is 16.6. The molecule has 0 spiro atoms. The Morgan fingerprint density at radius 1 is 1.00 bits per heavy atom. The summed E-state index contributed by atoms with van der Waals surface area (Å²) in [6, 6.07) is 22.0. The lowest BCUT2D eigenvalue weighted by molar-refractivity contribution is 0.105. The maximum atomic E-state index is 12.0. The van der Waals surface area contributed by atoms with E-state index in [-0.39, 0.29) is 12.7 Å². The maximum Gasteiger partial charge on any atom is 0.409 e. The molecule has 0 bridgehead atoms. The quantitative estimate of drug-likeness (QED) is 0.413. The van der Waals surface area contributed by atoms with Crippen LogP contribution in [0.3, 0.4) is 0 Å². The van der Waals surface area contributed by atoms with Crippen LogP contribution in [0.15, 0.2) is 71.3 Å². The number of piperazine rings is 1. The van der Waals surface area contributed by atoms with Crippen LogP contribution in [0, 0.1) is 0 Å². The van der Waals surface area contributed by atoms with Gasteiger partial charge in [-0.15, -0.1) is 0 Å². The molecule has 174 valence electrons. The monoisotopic (exact) mass is 458 g/mol. The van der Waals surface area contributed by atoms with Gasteiger partial charge in [0.15, 0.2) is 6.61 Å². The summed E-state index contributed by atoms with van der Waals surface area (Å²) in [5.41, 5.74) is 2.02. The summed E-state index contributed by atoms with van der Waals surface area (Å²) in [7, 11) is 0. The molecule has 0 unspecified atom stereocenters. The Bertz CT molecular complexity index is 1270. The average molecular weight is 459 g/mol. The molecule has 3 aromatic carbocycles. The first-order chi connectivity index (χ1) is 16.7. The van der Waals surface area contributed by atoms with Crippen molar-refractivity contribution in [3.05, 3.63) is 72.6 Å². The lowest BCUT2D eigenvalue weighted by Crippen LogP contribution is -2.49. The molecule has 1 amide bonds. The van der Waals surface area contributed by atoms with E-state index in [1.165, 1.54) is 0 Å². The Kier molecular flexibility index (Phi) is 6.29. The molecule has 1 fully saturated rings. The van der Waals surface area contributed by atoms with E-state index in [9.17, 15) is 4.79 Å². The SMILES string of the molecule is CCOC(=O)N1CCN(c2cccc3ccc(OCc4nc(-c5ccccc5)no4)cc23)CC1. The van der Waals surface area contributed by atoms with Gasteiger partial charge in [-0.1, -0.05) is 53.7 Å². The van der Waals surface area contributed by atoms with Crippen molar-refractivity contribution in [3.63, 3.8) is 0 Å². The molecule has 2 heterocycles. The summed E-state index contributed by atoms with van der Waals surface area (Å²) in [5.74, 6) is 1.69. The smallest absolute Gasteiger partial charge is 0.409 e. The van der Waals surface area contributed by atoms with Gasteiger partial charge in [0.2, 0.25) is 5.82 Å². The zero-order valence-electron chi connectivity index (χ0n) is 19.0. The number of carbonyl (C=O) groups excluding carboxylic acids is 1. The number of hydrogen-bond acceptors (Lipinski definition) is 7. The average Bonchev–Trinajstić information content (AvgIpc) is 3.37. The largest absolute Gasteiger partial charge is 0.484 e. The van der Waals surface area contributed by atoms with Crippen LogP contribution in [0.25, 0.3) is 22.2 Å². The molecular weight excluding hydrogens is 432 g/mol. The first-order valence-electron chi connectivity index (χ1n) is 11.4. The van der Waals surface area contributed by atoms with Crippen molar-refractivity contribution in [1.29, 1.82) is 0 Å². The summed E-state index contributed by atoms with van der Waals surface area (Å²) in [5, 5.41) is 6.27. The molecule has 1 saturated heterocycles. The number of carbonyl (C=O) groups is 1. The van der Waals surface area contributed by atoms with Crippen molar-refractivity contribution < 1.29 is 18.8 Å². The number of anilines is 1. The Morgan fingerprint density at radius 2 is 1.82 bits per heavy atom. The molecular formula is C26H26N4O4. The fourth-order valence-corrected chi connectivity index (χ4v) is 4.11. The van der Waals surface area contributed by atoms with Crippen LogP contribution in [-0.2, 0) is 11.3 Å². The van der Waals surface area contributed by atoms with Gasteiger partial charge in [0, 0.05) is 42.8 Å². The highest BCUT2D eigenvalue weighted by Crippen LogP contribution is 2.31. The number of benzene rings is 3. The number of fused-ring (bicyclic) bond motifs is 1. The Hall–Kier alpha value is -4.07. The van der Waals surface area contributed by atoms with Gasteiger partial charge in [-0.25, -0.2) is 4.79 Å². The second-order valence-corrected chi connectivity index (χ2v) is 8.00. The number of aromatic nitrogens is 2. The third kappa shape index (κ3) is 4.66. The lowest BCUT2D eigenvalue weighted by Gasteiger charge is -2.36. The van der Waals surface area contributed by atoms with Crippen molar-refractivity contribution in [2.24, 2.45) is 0 Å². The van der Waals surface area contributed by atoms with E-state index in [0.29, 0.717) is 31.4 Å². The normalized spacial score (nSPS) is 13.8. The summed E-state index contributed by atoms with van der Waals surface area (Å²) >= 11 is 0. The standard InChI is InChI=1S/C26H26N4O4/c1-2-32-26(31)30-15-13-29(14-16-30)23-10-6-9-19-11-12-21(17-22(19)23)33-18-24-27-25(28-34-24)20-7-4-3-5-8-20/h3-12,17H,2,13-16,18H2,1H3. The van der Waals surface area contributed by atoms with Crippen molar-refractivity contribution in [2.75, 3.05) is 37.7 Å². The minimum Gasteiger partial charge on any atom is -0.484 e. The van der Waals surface area contributed by atoms with Gasteiger partial charge in [0.1, 0.15) is 5.75 Å². The van der Waals surface area contributed by atoms with E-state index in [0.717, 1.165) is 40.9 Å². The predicted molar refractivity (Wildman–Crippen MR) is 129 cm³/mol. The number of ether oxygens (including phenoxy) is 2. The van der Waals surface area contributed by atoms with Gasteiger partial charge in [-0.05, 0) is 30.5 Å². The topological polar surface area (TPSA) is 80.9 Å². The first-order valence-corrected chi connectivity index (χ1v) is 11.4. The molecule has 8 nitrogen and oxygen atoms in total.